The molecule has 0 heterocycles. The lowest BCUT2D eigenvalue weighted by Crippen LogP contribution is -2.13. The molecule has 2 rings (SSSR count). The van der Waals surface area contributed by atoms with Crippen LogP contribution in [0.5, 0.6) is 0 Å². The molecule has 1 atom stereocenters. The van der Waals surface area contributed by atoms with Crippen molar-refractivity contribution in [3.8, 4) is 0 Å². The van der Waals surface area contributed by atoms with Crippen molar-refractivity contribution in [2.24, 2.45) is 0 Å². The van der Waals surface area contributed by atoms with Crippen LogP contribution in [0.4, 0.5) is 27.6 Å². The van der Waals surface area contributed by atoms with Crippen LogP contribution in [-0.2, 0) is 0 Å². The summed E-state index contributed by atoms with van der Waals surface area (Å²) in [7, 11) is 0. The van der Waals surface area contributed by atoms with Crippen LogP contribution < -0.4 is 5.32 Å². The highest BCUT2D eigenvalue weighted by atomic mass is 19.2. The molecule has 112 valence electrons. The Labute approximate surface area is 116 Å². The molecule has 0 aliphatic heterocycles. The molecule has 2 aromatic rings. The smallest absolute Gasteiger partial charge is 0.194 e. The third-order valence-electron chi connectivity index (χ3n) is 2.81. The minimum atomic E-state index is -1.60. The topological polar surface area (TPSA) is 32.3 Å². The first-order valence-electron chi connectivity index (χ1n) is 5.90. The summed E-state index contributed by atoms with van der Waals surface area (Å²) in [6, 6.07) is 4.28. The van der Waals surface area contributed by atoms with Gasteiger partial charge in [0.25, 0.3) is 0 Å². The van der Waals surface area contributed by atoms with Gasteiger partial charge in [0.2, 0.25) is 0 Å². The summed E-state index contributed by atoms with van der Waals surface area (Å²) in [6.45, 7) is -0.227. The Morgan fingerprint density at radius 3 is 2.05 bits per heavy atom. The van der Waals surface area contributed by atoms with Gasteiger partial charge in [-0.15, -0.1) is 0 Å². The lowest BCUT2D eigenvalue weighted by atomic mass is 10.1. The van der Waals surface area contributed by atoms with Gasteiger partial charge < -0.3 is 10.4 Å². The first-order valence-corrected chi connectivity index (χ1v) is 5.90. The molecular formula is C14H10F5NO. The molecule has 0 spiro atoms. The molecule has 0 aliphatic carbocycles. The molecule has 21 heavy (non-hydrogen) atoms. The van der Waals surface area contributed by atoms with Gasteiger partial charge in [0.1, 0.15) is 0 Å². The molecule has 2 N–H and O–H groups in total. The molecule has 0 saturated heterocycles. The Balaban J connectivity index is 2.07. The number of rotatable bonds is 4. The van der Waals surface area contributed by atoms with Gasteiger partial charge in [-0.25, -0.2) is 22.0 Å². The lowest BCUT2D eigenvalue weighted by Gasteiger charge is -2.14. The van der Waals surface area contributed by atoms with E-state index in [1.54, 1.807) is 0 Å². The Bertz CT molecular complexity index is 639. The second-order valence-electron chi connectivity index (χ2n) is 4.32. The van der Waals surface area contributed by atoms with Crippen molar-refractivity contribution in [1.29, 1.82) is 0 Å². The number of hydrogen-bond donors (Lipinski definition) is 2. The van der Waals surface area contributed by atoms with E-state index in [0.29, 0.717) is 0 Å². The van der Waals surface area contributed by atoms with Crippen molar-refractivity contribution in [3.05, 3.63) is 65.0 Å². The number of aliphatic hydroxyl groups excluding tert-OH is 1. The van der Waals surface area contributed by atoms with Crippen molar-refractivity contribution in [3.63, 3.8) is 0 Å². The molecule has 2 nitrogen and oxygen atoms in total. The van der Waals surface area contributed by atoms with Gasteiger partial charge in [-0.2, -0.15) is 0 Å². The van der Waals surface area contributed by atoms with Crippen LogP contribution >= 0.6 is 0 Å². The van der Waals surface area contributed by atoms with Crippen molar-refractivity contribution in [2.45, 2.75) is 6.10 Å². The first kappa shape index (κ1) is 15.2. The van der Waals surface area contributed by atoms with Gasteiger partial charge in [0.05, 0.1) is 6.10 Å². The second kappa shape index (κ2) is 6.09. The van der Waals surface area contributed by atoms with E-state index in [2.05, 4.69) is 5.32 Å². The summed E-state index contributed by atoms with van der Waals surface area (Å²) in [5.41, 5.74) is -0.00232. The third-order valence-corrected chi connectivity index (χ3v) is 2.81. The number of anilines is 1. The Morgan fingerprint density at radius 2 is 1.48 bits per heavy atom. The summed E-state index contributed by atoms with van der Waals surface area (Å²) in [4.78, 5) is 0. The maximum Gasteiger partial charge on any atom is 0.194 e. The van der Waals surface area contributed by atoms with Gasteiger partial charge in [0.15, 0.2) is 29.1 Å². The lowest BCUT2D eigenvalue weighted by molar-refractivity contribution is 0.191. The van der Waals surface area contributed by atoms with Crippen molar-refractivity contribution < 1.29 is 27.1 Å². The maximum absolute atomic E-state index is 13.0. The van der Waals surface area contributed by atoms with Gasteiger partial charge >= 0.3 is 0 Å². The molecule has 0 aliphatic rings. The van der Waals surface area contributed by atoms with E-state index in [1.165, 1.54) is 6.07 Å². The third kappa shape index (κ3) is 3.49. The van der Waals surface area contributed by atoms with Crippen LogP contribution in [0.3, 0.4) is 0 Å². The molecule has 0 radical (unpaired) electrons. The largest absolute Gasteiger partial charge is 0.387 e. The van der Waals surface area contributed by atoms with E-state index < -0.39 is 35.2 Å². The highest BCUT2D eigenvalue weighted by Gasteiger charge is 2.13. The Hall–Kier alpha value is -2.15. The number of aliphatic hydroxyl groups is 1. The second-order valence-corrected chi connectivity index (χ2v) is 4.32. The number of hydrogen-bond acceptors (Lipinski definition) is 2. The first-order chi connectivity index (χ1) is 9.88. The highest BCUT2D eigenvalue weighted by molar-refractivity contribution is 5.44. The van der Waals surface area contributed by atoms with E-state index in [9.17, 15) is 27.1 Å². The SMILES string of the molecule is OC(CNc1cc(F)c(F)c(F)c1)c1ccc(F)c(F)c1. The highest BCUT2D eigenvalue weighted by Crippen LogP contribution is 2.20. The van der Waals surface area contributed by atoms with E-state index in [0.717, 1.165) is 24.3 Å². The van der Waals surface area contributed by atoms with Crippen LogP contribution in [0.15, 0.2) is 30.3 Å². The van der Waals surface area contributed by atoms with E-state index in [4.69, 9.17) is 0 Å². The molecule has 2 aromatic carbocycles. The summed E-state index contributed by atoms with van der Waals surface area (Å²) in [5.74, 6) is -6.52. The molecule has 0 aromatic heterocycles. The van der Waals surface area contributed by atoms with Crippen LogP contribution in [0.25, 0.3) is 0 Å². The number of benzene rings is 2. The van der Waals surface area contributed by atoms with E-state index in [1.807, 2.05) is 0 Å². The zero-order valence-corrected chi connectivity index (χ0v) is 10.5. The fourth-order valence-electron chi connectivity index (χ4n) is 1.71. The van der Waals surface area contributed by atoms with Crippen LogP contribution in [0, 0.1) is 29.1 Å². The molecule has 0 fully saturated rings. The molecule has 1 unspecified atom stereocenters. The normalized spacial score (nSPS) is 12.3. The molecular weight excluding hydrogens is 293 g/mol. The van der Waals surface area contributed by atoms with Gasteiger partial charge in [0, 0.05) is 24.4 Å². The molecule has 0 saturated carbocycles. The van der Waals surface area contributed by atoms with E-state index in [-0.39, 0.29) is 17.8 Å². The predicted octanol–water partition coefficient (Wildman–Crippen LogP) is 3.53. The summed E-state index contributed by atoms with van der Waals surface area (Å²) in [5, 5.41) is 12.3. The number of halogens is 5. The minimum Gasteiger partial charge on any atom is -0.387 e. The van der Waals surface area contributed by atoms with Crippen LogP contribution in [0.2, 0.25) is 0 Å². The van der Waals surface area contributed by atoms with Gasteiger partial charge in [-0.1, -0.05) is 6.07 Å². The van der Waals surface area contributed by atoms with Crippen molar-refractivity contribution in [2.75, 3.05) is 11.9 Å². The van der Waals surface area contributed by atoms with Gasteiger partial charge in [-0.05, 0) is 17.7 Å². The van der Waals surface area contributed by atoms with Crippen molar-refractivity contribution >= 4 is 5.69 Å². The fraction of sp³-hybridized carbons (Fsp3) is 0.143. The summed E-state index contributed by atoms with van der Waals surface area (Å²) in [6.07, 6.45) is -1.24. The average molecular weight is 303 g/mol. The Kier molecular flexibility index (Phi) is 4.42. The zero-order valence-electron chi connectivity index (χ0n) is 10.5. The molecule has 0 amide bonds. The fourth-order valence-corrected chi connectivity index (χ4v) is 1.71. The summed E-state index contributed by atoms with van der Waals surface area (Å²) < 4.78 is 64.5. The van der Waals surface area contributed by atoms with Crippen LogP contribution in [-0.4, -0.2) is 11.7 Å². The quantitative estimate of drug-likeness (QED) is 0.669. The predicted molar refractivity (Wildman–Crippen MR) is 66.1 cm³/mol. The number of nitrogens with one attached hydrogen (secondary N) is 1. The van der Waals surface area contributed by atoms with E-state index >= 15 is 0 Å². The van der Waals surface area contributed by atoms with Crippen molar-refractivity contribution in [1.82, 2.24) is 0 Å². The molecule has 7 heteroatoms. The zero-order chi connectivity index (χ0) is 15.6. The minimum absolute atomic E-state index is 0.0875. The van der Waals surface area contributed by atoms with Gasteiger partial charge in [-0.3, -0.25) is 0 Å². The maximum atomic E-state index is 13.0. The standard InChI is InChI=1S/C14H10F5NO/c15-9-2-1-7(3-10(9)16)13(21)6-20-8-4-11(17)14(19)12(18)5-8/h1-5,13,20-21H,6H2. The average Bonchev–Trinajstić information content (AvgIpc) is 2.44. The monoisotopic (exact) mass is 303 g/mol. The summed E-state index contributed by atoms with van der Waals surface area (Å²) >= 11 is 0. The van der Waals surface area contributed by atoms with Crippen LogP contribution in [0.1, 0.15) is 11.7 Å². The Morgan fingerprint density at radius 1 is 0.857 bits per heavy atom. The molecule has 0 bridgehead atoms.